The minimum atomic E-state index is 0.216. The van der Waals surface area contributed by atoms with Crippen molar-refractivity contribution in [3.8, 4) is 17.0 Å². The summed E-state index contributed by atoms with van der Waals surface area (Å²) in [6.07, 6.45) is 3.85. The molecule has 7 heteroatoms. The molecule has 3 heterocycles. The SMILES string of the molecule is Oc1ccccc1-c1cc(NC2CCN(Cc3ccc4ccccc4c3)CC2)n2ncc(Br)c2n1. The Balaban J connectivity index is 1.18. The van der Waals surface area contributed by atoms with Gasteiger partial charge < -0.3 is 10.4 Å². The molecule has 0 unspecified atom stereocenters. The third-order valence-corrected chi connectivity index (χ3v) is 7.33. The second-order valence-corrected chi connectivity index (χ2v) is 10.0. The fourth-order valence-electron chi connectivity index (χ4n) is 4.91. The van der Waals surface area contributed by atoms with E-state index >= 15 is 0 Å². The lowest BCUT2D eigenvalue weighted by atomic mass is 10.0. The van der Waals surface area contributed by atoms with Gasteiger partial charge in [-0.15, -0.1) is 0 Å². The molecule has 1 fully saturated rings. The molecule has 6 rings (SSSR count). The van der Waals surface area contributed by atoms with Crippen molar-refractivity contribution >= 4 is 38.2 Å². The van der Waals surface area contributed by atoms with Crippen molar-refractivity contribution in [3.05, 3.63) is 89.0 Å². The second-order valence-electron chi connectivity index (χ2n) is 9.15. The number of phenols is 1. The van der Waals surface area contributed by atoms with E-state index in [0.717, 1.165) is 48.4 Å². The van der Waals surface area contributed by atoms with Gasteiger partial charge in [0, 0.05) is 37.3 Å². The first-order valence-electron chi connectivity index (χ1n) is 11.9. The monoisotopic (exact) mass is 527 g/mol. The Morgan fingerprint density at radius 2 is 1.71 bits per heavy atom. The molecule has 1 saturated heterocycles. The molecule has 0 aliphatic carbocycles. The summed E-state index contributed by atoms with van der Waals surface area (Å²) in [7, 11) is 0. The molecule has 2 aromatic heterocycles. The average molecular weight is 528 g/mol. The molecule has 0 radical (unpaired) electrons. The number of likely N-dealkylation sites (tertiary alicyclic amines) is 1. The zero-order valence-corrected chi connectivity index (χ0v) is 20.8. The van der Waals surface area contributed by atoms with Gasteiger partial charge in [0.25, 0.3) is 0 Å². The molecule has 0 atom stereocenters. The number of hydrogen-bond acceptors (Lipinski definition) is 5. The fraction of sp³-hybridized carbons (Fsp3) is 0.214. The van der Waals surface area contributed by atoms with E-state index in [-0.39, 0.29) is 5.75 Å². The number of piperidine rings is 1. The van der Waals surface area contributed by atoms with Gasteiger partial charge in [-0.05, 0) is 63.3 Å². The van der Waals surface area contributed by atoms with Crippen LogP contribution < -0.4 is 5.32 Å². The number of aromatic nitrogens is 3. The molecule has 2 N–H and O–H groups in total. The van der Waals surface area contributed by atoms with Crippen LogP contribution in [0, 0.1) is 0 Å². The number of para-hydroxylation sites is 1. The van der Waals surface area contributed by atoms with Crippen molar-refractivity contribution in [2.75, 3.05) is 18.4 Å². The van der Waals surface area contributed by atoms with Gasteiger partial charge >= 0.3 is 0 Å². The highest BCUT2D eigenvalue weighted by Crippen LogP contribution is 2.32. The molecule has 5 aromatic rings. The van der Waals surface area contributed by atoms with E-state index in [2.05, 4.69) is 73.7 Å². The maximum atomic E-state index is 10.4. The van der Waals surface area contributed by atoms with Crippen LogP contribution in [0.25, 0.3) is 27.7 Å². The highest BCUT2D eigenvalue weighted by Gasteiger charge is 2.21. The Morgan fingerprint density at radius 1 is 0.943 bits per heavy atom. The van der Waals surface area contributed by atoms with E-state index in [4.69, 9.17) is 4.98 Å². The van der Waals surface area contributed by atoms with Gasteiger partial charge in [-0.25, -0.2) is 4.98 Å². The second kappa shape index (κ2) is 9.32. The lowest BCUT2D eigenvalue weighted by molar-refractivity contribution is 0.211. The van der Waals surface area contributed by atoms with Crippen LogP contribution in [0.5, 0.6) is 5.75 Å². The standard InChI is InChI=1S/C28H26BrN5O/c29-24-17-30-34-27(16-25(32-28(24)34)23-7-3-4-8-26(23)35)31-22-11-13-33(14-12-22)18-19-9-10-20-5-1-2-6-21(20)15-19/h1-10,15-17,22,31,35H,11-14,18H2. The van der Waals surface area contributed by atoms with Crippen molar-refractivity contribution < 1.29 is 5.11 Å². The summed E-state index contributed by atoms with van der Waals surface area (Å²) < 4.78 is 2.65. The van der Waals surface area contributed by atoms with E-state index in [1.807, 2.05) is 28.8 Å². The average Bonchev–Trinajstić information content (AvgIpc) is 3.26. The fourth-order valence-corrected chi connectivity index (χ4v) is 5.26. The number of rotatable bonds is 5. The predicted molar refractivity (Wildman–Crippen MR) is 144 cm³/mol. The van der Waals surface area contributed by atoms with Crippen molar-refractivity contribution in [2.45, 2.75) is 25.4 Å². The Labute approximate surface area is 212 Å². The summed E-state index contributed by atoms with van der Waals surface area (Å²) in [5.74, 6) is 1.10. The molecule has 1 aliphatic rings. The topological polar surface area (TPSA) is 65.7 Å². The predicted octanol–water partition coefficient (Wildman–Crippen LogP) is 6.09. The molecule has 0 saturated carbocycles. The van der Waals surface area contributed by atoms with Crippen LogP contribution in [0.2, 0.25) is 0 Å². The van der Waals surface area contributed by atoms with Crippen molar-refractivity contribution in [1.29, 1.82) is 0 Å². The zero-order valence-electron chi connectivity index (χ0n) is 19.2. The van der Waals surface area contributed by atoms with Gasteiger partial charge in [0.05, 0.1) is 16.4 Å². The van der Waals surface area contributed by atoms with Crippen LogP contribution >= 0.6 is 15.9 Å². The Morgan fingerprint density at radius 3 is 2.54 bits per heavy atom. The van der Waals surface area contributed by atoms with E-state index in [9.17, 15) is 5.11 Å². The van der Waals surface area contributed by atoms with Crippen LogP contribution in [-0.2, 0) is 6.54 Å². The molecular weight excluding hydrogens is 502 g/mol. The number of anilines is 1. The lowest BCUT2D eigenvalue weighted by Crippen LogP contribution is -2.39. The van der Waals surface area contributed by atoms with Gasteiger partial charge in [-0.1, -0.05) is 48.5 Å². The minimum Gasteiger partial charge on any atom is -0.507 e. The van der Waals surface area contributed by atoms with Gasteiger partial charge in [-0.2, -0.15) is 9.61 Å². The highest BCUT2D eigenvalue weighted by atomic mass is 79.9. The first-order valence-corrected chi connectivity index (χ1v) is 12.7. The van der Waals surface area contributed by atoms with Crippen LogP contribution in [0.1, 0.15) is 18.4 Å². The van der Waals surface area contributed by atoms with Gasteiger partial charge in [0.15, 0.2) is 5.65 Å². The largest absolute Gasteiger partial charge is 0.507 e. The minimum absolute atomic E-state index is 0.216. The zero-order chi connectivity index (χ0) is 23.8. The molecule has 0 bridgehead atoms. The number of nitrogens with one attached hydrogen (secondary N) is 1. The summed E-state index contributed by atoms with van der Waals surface area (Å²) in [5, 5.41) is 21.2. The van der Waals surface area contributed by atoms with Crippen LogP contribution in [0.4, 0.5) is 5.82 Å². The van der Waals surface area contributed by atoms with E-state index in [1.165, 1.54) is 16.3 Å². The number of fused-ring (bicyclic) bond motifs is 2. The molecule has 6 nitrogen and oxygen atoms in total. The summed E-state index contributed by atoms with van der Waals surface area (Å²) >= 11 is 3.56. The van der Waals surface area contributed by atoms with Crippen molar-refractivity contribution in [2.24, 2.45) is 0 Å². The quantitative estimate of drug-likeness (QED) is 0.289. The molecular formula is C28H26BrN5O. The summed E-state index contributed by atoms with van der Waals surface area (Å²) in [5.41, 5.74) is 3.51. The molecule has 3 aromatic carbocycles. The number of hydrogen-bond donors (Lipinski definition) is 2. The number of aromatic hydroxyl groups is 1. The Kier molecular flexibility index (Phi) is 5.88. The Bertz CT molecular complexity index is 1510. The summed E-state index contributed by atoms with van der Waals surface area (Å²) in [6, 6.07) is 24.9. The third kappa shape index (κ3) is 4.49. The molecule has 35 heavy (non-hydrogen) atoms. The van der Waals surface area contributed by atoms with Crippen LogP contribution in [0.15, 0.2) is 83.5 Å². The van der Waals surface area contributed by atoms with Crippen LogP contribution in [-0.4, -0.2) is 43.7 Å². The van der Waals surface area contributed by atoms with E-state index < -0.39 is 0 Å². The molecule has 0 amide bonds. The highest BCUT2D eigenvalue weighted by molar-refractivity contribution is 9.10. The number of benzene rings is 3. The number of nitrogens with zero attached hydrogens (tertiary/aromatic N) is 4. The lowest BCUT2D eigenvalue weighted by Gasteiger charge is -2.33. The summed E-state index contributed by atoms with van der Waals surface area (Å²) in [4.78, 5) is 7.28. The van der Waals surface area contributed by atoms with Gasteiger partial charge in [0.2, 0.25) is 0 Å². The van der Waals surface area contributed by atoms with Gasteiger partial charge in [0.1, 0.15) is 11.6 Å². The molecule has 1 aliphatic heterocycles. The smallest absolute Gasteiger partial charge is 0.172 e. The maximum absolute atomic E-state index is 10.4. The first kappa shape index (κ1) is 22.1. The number of halogens is 1. The van der Waals surface area contributed by atoms with Crippen molar-refractivity contribution in [1.82, 2.24) is 19.5 Å². The number of phenolic OH excluding ortho intramolecular Hbond substituents is 1. The van der Waals surface area contributed by atoms with E-state index in [1.54, 1.807) is 12.3 Å². The molecule has 176 valence electrons. The maximum Gasteiger partial charge on any atom is 0.172 e. The summed E-state index contributed by atoms with van der Waals surface area (Å²) in [6.45, 7) is 3.04. The van der Waals surface area contributed by atoms with E-state index in [0.29, 0.717) is 17.3 Å². The molecule has 0 spiro atoms. The normalized spacial score (nSPS) is 15.1. The first-order chi connectivity index (χ1) is 17.1. The third-order valence-electron chi connectivity index (χ3n) is 6.77. The Hall–Kier alpha value is -3.42. The van der Waals surface area contributed by atoms with Crippen LogP contribution in [0.3, 0.4) is 0 Å². The van der Waals surface area contributed by atoms with Crippen molar-refractivity contribution in [3.63, 3.8) is 0 Å². The van der Waals surface area contributed by atoms with Gasteiger partial charge in [-0.3, -0.25) is 4.90 Å².